The van der Waals surface area contributed by atoms with Gasteiger partial charge in [-0.05, 0) is 19.9 Å². The van der Waals surface area contributed by atoms with Crippen LogP contribution in [0.4, 0.5) is 0 Å². The largest absolute Gasteiger partial charge is 0.410 e. The van der Waals surface area contributed by atoms with Crippen molar-refractivity contribution in [3.8, 4) is 0 Å². The highest BCUT2D eigenvalue weighted by Crippen LogP contribution is 2.05. The molecule has 16 heavy (non-hydrogen) atoms. The van der Waals surface area contributed by atoms with Gasteiger partial charge in [-0.25, -0.2) is 0 Å². The van der Waals surface area contributed by atoms with Crippen LogP contribution in [0.2, 0.25) is 0 Å². The van der Waals surface area contributed by atoms with E-state index in [2.05, 4.69) is 23.7 Å². The Labute approximate surface area is 101 Å². The monoisotopic (exact) mass is 249 g/mol. The maximum absolute atomic E-state index is 5.44. The first kappa shape index (κ1) is 16.0. The Morgan fingerprint density at radius 2 is 2.00 bits per heavy atom. The Balaban J connectivity index is 4.15. The number of nitrogens with two attached hydrogens (primary N) is 1. The first-order valence-electron chi connectivity index (χ1n) is 5.93. The number of hydrogen-bond acceptors (Lipinski definition) is 5. The highest BCUT2D eigenvalue weighted by Gasteiger charge is 2.25. The average Bonchev–Trinajstić information content (AvgIpc) is 2.29. The molecule has 0 fully saturated rings. The quantitative estimate of drug-likeness (QED) is 0.409. The van der Waals surface area contributed by atoms with Crippen LogP contribution < -0.4 is 11.1 Å². The Morgan fingerprint density at radius 3 is 2.44 bits per heavy atom. The topological polar surface area (TPSA) is 59.8 Å². The van der Waals surface area contributed by atoms with Gasteiger partial charge in [-0.2, -0.15) is 0 Å². The van der Waals surface area contributed by atoms with E-state index in [1.807, 2.05) is 0 Å². The summed E-state index contributed by atoms with van der Waals surface area (Å²) in [6.07, 6.45) is 1.11. The van der Waals surface area contributed by atoms with Gasteiger partial charge in [0.05, 0.1) is 0 Å². The molecule has 0 aliphatic rings. The van der Waals surface area contributed by atoms with Gasteiger partial charge >= 0.3 is 9.45 Å². The third-order valence-electron chi connectivity index (χ3n) is 2.48. The molecule has 6 heteroatoms. The molecule has 0 aliphatic carbocycles. The van der Waals surface area contributed by atoms with Gasteiger partial charge < -0.3 is 19.9 Å². The molecule has 0 radical (unpaired) electrons. The summed E-state index contributed by atoms with van der Waals surface area (Å²) in [4.78, 5) is 0. The van der Waals surface area contributed by atoms with Gasteiger partial charge in [0.25, 0.3) is 0 Å². The van der Waals surface area contributed by atoms with Crippen LogP contribution in [0.5, 0.6) is 0 Å². The molecule has 5 nitrogen and oxygen atoms in total. The molecule has 0 saturated carbocycles. The van der Waals surface area contributed by atoms with Crippen molar-refractivity contribution in [3.05, 3.63) is 0 Å². The van der Waals surface area contributed by atoms with Crippen LogP contribution in [-0.2, 0) is 8.85 Å². The number of hydrogen-bond donors (Lipinski definition) is 2. The Kier molecular flexibility index (Phi) is 10.2. The molecule has 1 atom stereocenters. The number of rotatable bonds is 10. The minimum atomic E-state index is -1.67. The van der Waals surface area contributed by atoms with Gasteiger partial charge in [-0.15, -0.1) is 0 Å². The standard InChI is InChI=1S/C10H27N3O2Si/c1-5-8-13(16(14-3)15-4)10(2)9-12-7-6-11/h10,12,16H,5-9,11H2,1-4H3. The molecule has 1 unspecified atom stereocenters. The van der Waals surface area contributed by atoms with Crippen molar-refractivity contribution < 1.29 is 8.85 Å². The zero-order chi connectivity index (χ0) is 12.4. The molecule has 0 bridgehead atoms. The normalized spacial score (nSPS) is 13.7. The first-order valence-corrected chi connectivity index (χ1v) is 7.39. The molecule has 0 amide bonds. The van der Waals surface area contributed by atoms with E-state index in [4.69, 9.17) is 14.6 Å². The predicted octanol–water partition coefficient (Wildman–Crippen LogP) is -0.355. The van der Waals surface area contributed by atoms with Crippen LogP contribution in [0.25, 0.3) is 0 Å². The summed E-state index contributed by atoms with van der Waals surface area (Å²) in [5, 5.41) is 3.32. The van der Waals surface area contributed by atoms with Crippen molar-refractivity contribution in [3.63, 3.8) is 0 Å². The average molecular weight is 249 g/mol. The number of nitrogens with zero attached hydrogens (tertiary/aromatic N) is 1. The number of nitrogens with one attached hydrogen (secondary N) is 1. The van der Waals surface area contributed by atoms with E-state index in [1.165, 1.54) is 0 Å². The molecule has 0 aromatic rings. The summed E-state index contributed by atoms with van der Waals surface area (Å²) >= 11 is 0. The lowest BCUT2D eigenvalue weighted by atomic mass is 10.3. The van der Waals surface area contributed by atoms with E-state index in [0.717, 1.165) is 26.1 Å². The summed E-state index contributed by atoms with van der Waals surface area (Å²) in [7, 11) is 1.78. The van der Waals surface area contributed by atoms with Crippen molar-refractivity contribution in [2.75, 3.05) is 40.4 Å². The Bertz CT molecular complexity index is 159. The first-order chi connectivity index (χ1) is 7.71. The molecule has 98 valence electrons. The van der Waals surface area contributed by atoms with E-state index in [0.29, 0.717) is 12.6 Å². The molecular formula is C10H27N3O2Si. The predicted molar refractivity (Wildman–Crippen MR) is 69.6 cm³/mol. The highest BCUT2D eigenvalue weighted by atomic mass is 28.3. The zero-order valence-corrected chi connectivity index (χ0v) is 12.2. The van der Waals surface area contributed by atoms with Gasteiger partial charge in [0, 0.05) is 39.9 Å². The molecule has 0 aromatic heterocycles. The molecule has 0 saturated heterocycles. The van der Waals surface area contributed by atoms with Crippen LogP contribution in [0.15, 0.2) is 0 Å². The fourth-order valence-corrected chi connectivity index (χ4v) is 3.41. The van der Waals surface area contributed by atoms with Crippen molar-refractivity contribution in [1.82, 2.24) is 9.88 Å². The highest BCUT2D eigenvalue weighted by molar-refractivity contribution is 6.40. The lowest BCUT2D eigenvalue weighted by Gasteiger charge is -2.32. The third-order valence-corrected chi connectivity index (χ3v) is 4.60. The van der Waals surface area contributed by atoms with Crippen LogP contribution >= 0.6 is 0 Å². The molecule has 0 aliphatic heterocycles. The van der Waals surface area contributed by atoms with Crippen LogP contribution in [0, 0.1) is 0 Å². The van der Waals surface area contributed by atoms with Gasteiger partial charge in [-0.1, -0.05) is 6.92 Å². The minimum absolute atomic E-state index is 0.420. The van der Waals surface area contributed by atoms with Crippen LogP contribution in [0.3, 0.4) is 0 Å². The van der Waals surface area contributed by atoms with Gasteiger partial charge in [-0.3, -0.25) is 4.57 Å². The molecular weight excluding hydrogens is 222 g/mol. The maximum Gasteiger partial charge on any atom is 0.410 e. The minimum Gasteiger partial charge on any atom is -0.388 e. The molecule has 0 aromatic carbocycles. The lowest BCUT2D eigenvalue weighted by Crippen LogP contribution is -2.52. The second kappa shape index (κ2) is 10.2. The zero-order valence-electron chi connectivity index (χ0n) is 11.0. The molecule has 0 spiro atoms. The van der Waals surface area contributed by atoms with Gasteiger partial charge in [0.15, 0.2) is 0 Å². The fourth-order valence-electron chi connectivity index (χ4n) is 1.69. The smallest absolute Gasteiger partial charge is 0.388 e. The summed E-state index contributed by atoms with van der Waals surface area (Å²) in [5.41, 5.74) is 5.44. The van der Waals surface area contributed by atoms with E-state index < -0.39 is 9.45 Å². The van der Waals surface area contributed by atoms with Crippen molar-refractivity contribution in [2.45, 2.75) is 26.3 Å². The maximum atomic E-state index is 5.44. The van der Waals surface area contributed by atoms with Crippen molar-refractivity contribution in [2.24, 2.45) is 5.73 Å². The lowest BCUT2D eigenvalue weighted by molar-refractivity contribution is 0.172. The third kappa shape index (κ3) is 5.93. The van der Waals surface area contributed by atoms with Crippen molar-refractivity contribution in [1.29, 1.82) is 0 Å². The van der Waals surface area contributed by atoms with E-state index in [-0.39, 0.29) is 0 Å². The summed E-state index contributed by atoms with van der Waals surface area (Å²) in [5.74, 6) is 0. The molecule has 3 N–H and O–H groups in total. The van der Waals surface area contributed by atoms with Crippen LogP contribution in [-0.4, -0.2) is 60.5 Å². The second-order valence-electron chi connectivity index (χ2n) is 3.86. The van der Waals surface area contributed by atoms with E-state index in [1.54, 1.807) is 14.2 Å². The van der Waals surface area contributed by atoms with E-state index in [9.17, 15) is 0 Å². The molecule has 0 heterocycles. The van der Waals surface area contributed by atoms with E-state index >= 15 is 0 Å². The van der Waals surface area contributed by atoms with Crippen LogP contribution in [0.1, 0.15) is 20.3 Å². The Morgan fingerprint density at radius 1 is 1.38 bits per heavy atom. The van der Waals surface area contributed by atoms with Crippen molar-refractivity contribution >= 4 is 9.45 Å². The molecule has 0 rings (SSSR count). The summed E-state index contributed by atoms with van der Waals surface area (Å²) < 4.78 is 13.2. The SMILES string of the molecule is CCCN(C(C)CNCCN)[SiH](OC)OC. The second-order valence-corrected chi connectivity index (χ2v) is 6.08. The fraction of sp³-hybridized carbons (Fsp3) is 1.00. The van der Waals surface area contributed by atoms with Gasteiger partial charge in [0.1, 0.15) is 0 Å². The summed E-state index contributed by atoms with van der Waals surface area (Å²) in [6.45, 7) is 7.84. The Hall–Kier alpha value is 0.0169. The van der Waals surface area contributed by atoms with Gasteiger partial charge in [0.2, 0.25) is 0 Å². The summed E-state index contributed by atoms with van der Waals surface area (Å²) in [6, 6.07) is 0.420.